The van der Waals surface area contributed by atoms with Gasteiger partial charge in [0.15, 0.2) is 0 Å². The lowest BCUT2D eigenvalue weighted by molar-refractivity contribution is -0.132. The Balaban J connectivity index is 4.18. The number of thiocarbonyl (C=S) groups is 2. The summed E-state index contributed by atoms with van der Waals surface area (Å²) in [6.45, 7) is 3.87. The van der Waals surface area contributed by atoms with Gasteiger partial charge in [-0.3, -0.25) is 30.5 Å². The maximum absolute atomic E-state index is 11.6. The molecule has 0 atom stereocenters. The first-order valence-electron chi connectivity index (χ1n) is 6.93. The van der Waals surface area contributed by atoms with Crippen LogP contribution in [0.4, 0.5) is 0 Å². The maximum Gasteiger partial charge on any atom is 0.240 e. The molecule has 0 aromatic heterocycles. The topological polar surface area (TPSA) is 64.7 Å². The average Bonchev–Trinajstić information content (AvgIpc) is 2.38. The van der Waals surface area contributed by atoms with Crippen molar-refractivity contribution in [3.05, 3.63) is 0 Å². The van der Waals surface area contributed by atoms with Crippen LogP contribution >= 0.6 is 24.4 Å². The van der Waals surface area contributed by atoms with Crippen molar-refractivity contribution in [1.82, 2.24) is 20.9 Å². The first-order chi connectivity index (χ1) is 9.81. The highest BCUT2D eigenvalue weighted by Gasteiger charge is 2.12. The van der Waals surface area contributed by atoms with Crippen LogP contribution in [0.3, 0.4) is 0 Å². The molecule has 0 aliphatic rings. The molecule has 8 heteroatoms. The number of hydrogen-bond donors (Lipinski definition) is 2. The Morgan fingerprint density at radius 2 is 1.19 bits per heavy atom. The quantitative estimate of drug-likeness (QED) is 0.568. The lowest BCUT2D eigenvalue weighted by Crippen LogP contribution is -2.46. The van der Waals surface area contributed by atoms with E-state index in [0.717, 1.165) is 12.8 Å². The first-order valence-corrected chi connectivity index (χ1v) is 7.75. The molecule has 120 valence electrons. The Bertz CT molecular complexity index is 366. The molecule has 0 spiro atoms. The molecule has 0 heterocycles. The zero-order chi connectivity index (χ0) is 16.4. The standard InChI is InChI=1S/C13H24N4O2S2/c1-5-7-12(18)16(3)14-10(20)9-11(21)15-17(4)13(19)8-6-2/h5-9H2,1-4H3,(H,14,20)(H,15,21). The van der Waals surface area contributed by atoms with E-state index in [1.165, 1.54) is 10.0 Å². The number of carbonyl (C=O) groups is 2. The van der Waals surface area contributed by atoms with Gasteiger partial charge in [-0.25, -0.2) is 0 Å². The van der Waals surface area contributed by atoms with Crippen LogP contribution in [0.1, 0.15) is 46.0 Å². The van der Waals surface area contributed by atoms with Crippen molar-refractivity contribution in [3.63, 3.8) is 0 Å². The van der Waals surface area contributed by atoms with Gasteiger partial charge in [0.2, 0.25) is 11.8 Å². The number of amides is 2. The van der Waals surface area contributed by atoms with Gasteiger partial charge in [0.05, 0.1) is 6.42 Å². The predicted octanol–water partition coefficient (Wildman–Crippen LogP) is 1.56. The Hall–Kier alpha value is -1.28. The zero-order valence-electron chi connectivity index (χ0n) is 13.1. The molecule has 0 bridgehead atoms. The molecule has 0 aromatic carbocycles. The van der Waals surface area contributed by atoms with Gasteiger partial charge < -0.3 is 0 Å². The predicted molar refractivity (Wildman–Crippen MR) is 91.4 cm³/mol. The van der Waals surface area contributed by atoms with Gasteiger partial charge in [0, 0.05) is 26.9 Å². The highest BCUT2D eigenvalue weighted by Crippen LogP contribution is 1.96. The van der Waals surface area contributed by atoms with Crippen LogP contribution in [-0.2, 0) is 9.59 Å². The molecule has 0 aliphatic carbocycles. The molecule has 0 fully saturated rings. The number of nitrogens with zero attached hydrogens (tertiary/aromatic N) is 2. The Kier molecular flexibility index (Phi) is 9.81. The summed E-state index contributed by atoms with van der Waals surface area (Å²) in [7, 11) is 3.25. The number of rotatable bonds is 6. The molecular formula is C13H24N4O2S2. The van der Waals surface area contributed by atoms with Crippen LogP contribution in [0.2, 0.25) is 0 Å². The van der Waals surface area contributed by atoms with E-state index in [9.17, 15) is 9.59 Å². The van der Waals surface area contributed by atoms with Crippen LogP contribution in [0.5, 0.6) is 0 Å². The molecular weight excluding hydrogens is 308 g/mol. The van der Waals surface area contributed by atoms with Crippen LogP contribution in [-0.4, -0.2) is 45.9 Å². The van der Waals surface area contributed by atoms with E-state index in [-0.39, 0.29) is 18.2 Å². The smallest absolute Gasteiger partial charge is 0.240 e. The molecule has 0 aliphatic heterocycles. The maximum atomic E-state index is 11.6. The second-order valence-corrected chi connectivity index (χ2v) is 5.64. The summed E-state index contributed by atoms with van der Waals surface area (Å²) in [5.41, 5.74) is 5.61. The summed E-state index contributed by atoms with van der Waals surface area (Å²) >= 11 is 10.3. The lowest BCUT2D eigenvalue weighted by atomic mass is 10.3. The largest absolute Gasteiger partial charge is 0.289 e. The summed E-state index contributed by atoms with van der Waals surface area (Å²) in [6.07, 6.45) is 2.76. The number of nitrogens with one attached hydrogen (secondary N) is 2. The van der Waals surface area contributed by atoms with Crippen molar-refractivity contribution in [2.45, 2.75) is 46.0 Å². The highest BCUT2D eigenvalue weighted by atomic mass is 32.1. The second-order valence-electron chi connectivity index (χ2n) is 4.65. The second kappa shape index (κ2) is 10.4. The van der Waals surface area contributed by atoms with E-state index in [1.54, 1.807) is 14.1 Å². The van der Waals surface area contributed by atoms with E-state index in [4.69, 9.17) is 24.4 Å². The molecule has 0 radical (unpaired) electrons. The first kappa shape index (κ1) is 19.7. The van der Waals surface area contributed by atoms with Crippen molar-refractivity contribution >= 4 is 46.2 Å². The van der Waals surface area contributed by atoms with Gasteiger partial charge in [0.25, 0.3) is 0 Å². The number of carbonyl (C=O) groups excluding carboxylic acids is 2. The fraction of sp³-hybridized carbons (Fsp3) is 0.692. The molecule has 0 saturated carbocycles. The van der Waals surface area contributed by atoms with Crippen LogP contribution in [0, 0.1) is 0 Å². The molecule has 0 rings (SSSR count). The van der Waals surface area contributed by atoms with Gasteiger partial charge in [-0.05, 0) is 12.8 Å². The molecule has 0 saturated heterocycles. The van der Waals surface area contributed by atoms with Gasteiger partial charge in [-0.1, -0.05) is 38.3 Å². The lowest BCUT2D eigenvalue weighted by Gasteiger charge is -2.22. The van der Waals surface area contributed by atoms with Gasteiger partial charge in [-0.15, -0.1) is 0 Å². The fourth-order valence-electron chi connectivity index (χ4n) is 1.49. The average molecular weight is 332 g/mol. The molecule has 0 aromatic rings. The third-order valence-electron chi connectivity index (χ3n) is 2.58. The zero-order valence-corrected chi connectivity index (χ0v) is 14.7. The summed E-state index contributed by atoms with van der Waals surface area (Å²) < 4.78 is 0. The van der Waals surface area contributed by atoms with E-state index in [1.807, 2.05) is 13.8 Å². The minimum absolute atomic E-state index is 0.0334. The van der Waals surface area contributed by atoms with Gasteiger partial charge >= 0.3 is 0 Å². The summed E-state index contributed by atoms with van der Waals surface area (Å²) in [5.74, 6) is -0.0667. The van der Waals surface area contributed by atoms with Crippen LogP contribution in [0.15, 0.2) is 0 Å². The van der Waals surface area contributed by atoms with E-state index >= 15 is 0 Å². The molecule has 2 amide bonds. The van der Waals surface area contributed by atoms with E-state index < -0.39 is 0 Å². The van der Waals surface area contributed by atoms with E-state index in [2.05, 4.69) is 10.9 Å². The molecule has 21 heavy (non-hydrogen) atoms. The van der Waals surface area contributed by atoms with Crippen molar-refractivity contribution in [2.24, 2.45) is 0 Å². The van der Waals surface area contributed by atoms with Crippen molar-refractivity contribution in [1.29, 1.82) is 0 Å². The minimum atomic E-state index is -0.0334. The summed E-state index contributed by atoms with van der Waals surface area (Å²) in [6, 6.07) is 0. The molecule has 2 N–H and O–H groups in total. The summed E-state index contributed by atoms with van der Waals surface area (Å²) in [5, 5.41) is 2.72. The number of hydrogen-bond acceptors (Lipinski definition) is 4. The Morgan fingerprint density at radius 3 is 1.48 bits per heavy atom. The third-order valence-corrected chi connectivity index (χ3v) is 3.05. The molecule has 6 nitrogen and oxygen atoms in total. The normalized spacial score (nSPS) is 9.71. The van der Waals surface area contributed by atoms with Crippen molar-refractivity contribution in [3.8, 4) is 0 Å². The number of hydrazine groups is 2. The Morgan fingerprint density at radius 1 is 0.857 bits per heavy atom. The Labute approximate surface area is 137 Å². The van der Waals surface area contributed by atoms with Crippen LogP contribution in [0.25, 0.3) is 0 Å². The summed E-state index contributed by atoms with van der Waals surface area (Å²) in [4.78, 5) is 24.1. The van der Waals surface area contributed by atoms with Crippen LogP contribution < -0.4 is 10.9 Å². The fourth-order valence-corrected chi connectivity index (χ4v) is 2.14. The molecule has 0 unspecified atom stereocenters. The van der Waals surface area contributed by atoms with Gasteiger partial charge in [-0.2, -0.15) is 0 Å². The monoisotopic (exact) mass is 332 g/mol. The van der Waals surface area contributed by atoms with Gasteiger partial charge in [0.1, 0.15) is 9.98 Å². The third kappa shape index (κ3) is 8.56. The van der Waals surface area contributed by atoms with Crippen molar-refractivity contribution in [2.75, 3.05) is 14.1 Å². The van der Waals surface area contributed by atoms with E-state index in [0.29, 0.717) is 22.8 Å². The highest BCUT2D eigenvalue weighted by molar-refractivity contribution is 7.82. The SMILES string of the molecule is CCCC(=O)N(C)NC(=S)CC(=S)NN(C)C(=O)CCC. The van der Waals surface area contributed by atoms with Crippen molar-refractivity contribution < 1.29 is 9.59 Å². The minimum Gasteiger partial charge on any atom is -0.289 e.